The van der Waals surface area contributed by atoms with Gasteiger partial charge in [0.25, 0.3) is 0 Å². The molecule has 25 heavy (non-hydrogen) atoms. The van der Waals surface area contributed by atoms with Crippen LogP contribution in [-0.4, -0.2) is 35.9 Å². The van der Waals surface area contributed by atoms with Gasteiger partial charge in [0.2, 0.25) is 5.78 Å². The number of nitrogens with one attached hydrogen (secondary N) is 1. The second-order valence-corrected chi connectivity index (χ2v) is 6.23. The average molecular weight is 361 g/mol. The molecule has 2 aromatic rings. The quantitative estimate of drug-likeness (QED) is 0.485. The highest BCUT2D eigenvalue weighted by Crippen LogP contribution is 2.21. The van der Waals surface area contributed by atoms with E-state index in [1.807, 2.05) is 16.8 Å². The van der Waals surface area contributed by atoms with Crippen LogP contribution in [0.3, 0.4) is 0 Å². The Hall–Kier alpha value is -2.67. The number of ether oxygens (including phenoxy) is 2. The molecule has 7 heteroatoms. The number of Topliss-reactive ketones (excluding diaryl/α,β-unsaturated/α-hetero) is 1. The molecule has 2 heterocycles. The van der Waals surface area contributed by atoms with Crippen molar-refractivity contribution in [1.82, 2.24) is 4.98 Å². The second kappa shape index (κ2) is 7.94. The number of hydrogen-bond donors (Lipinski definition) is 1. The Labute approximate surface area is 149 Å². The van der Waals surface area contributed by atoms with Crippen molar-refractivity contribution in [2.75, 3.05) is 7.11 Å². The molecule has 0 spiro atoms. The molecule has 0 aliphatic heterocycles. The van der Waals surface area contributed by atoms with Crippen LogP contribution in [-0.2, 0) is 14.3 Å². The van der Waals surface area contributed by atoms with Crippen molar-refractivity contribution >= 4 is 35.1 Å². The molecule has 6 nitrogen and oxygen atoms in total. The van der Waals surface area contributed by atoms with Gasteiger partial charge in [-0.15, -0.1) is 0 Å². The van der Waals surface area contributed by atoms with Gasteiger partial charge in [-0.25, -0.2) is 9.59 Å². The maximum atomic E-state index is 12.5. The van der Waals surface area contributed by atoms with E-state index in [1.165, 1.54) is 31.4 Å². The van der Waals surface area contributed by atoms with E-state index in [-0.39, 0.29) is 5.69 Å². The van der Waals surface area contributed by atoms with Crippen LogP contribution in [0.1, 0.15) is 44.6 Å². The minimum Gasteiger partial charge on any atom is -0.465 e. The van der Waals surface area contributed by atoms with E-state index in [2.05, 4.69) is 4.98 Å². The first kappa shape index (κ1) is 18.7. The van der Waals surface area contributed by atoms with Crippen molar-refractivity contribution in [3.05, 3.63) is 51.0 Å². The number of aryl methyl sites for hydroxylation is 1. The van der Waals surface area contributed by atoms with Gasteiger partial charge in [0.05, 0.1) is 18.4 Å². The number of rotatable bonds is 6. The van der Waals surface area contributed by atoms with Gasteiger partial charge < -0.3 is 14.5 Å². The molecule has 0 amide bonds. The summed E-state index contributed by atoms with van der Waals surface area (Å²) in [5.41, 5.74) is 2.45. The summed E-state index contributed by atoms with van der Waals surface area (Å²) in [5, 5.41) is 3.78. The van der Waals surface area contributed by atoms with Crippen LogP contribution in [0.15, 0.2) is 22.9 Å². The van der Waals surface area contributed by atoms with E-state index in [9.17, 15) is 14.4 Å². The lowest BCUT2D eigenvalue weighted by Crippen LogP contribution is -2.24. The van der Waals surface area contributed by atoms with Gasteiger partial charge in [-0.1, -0.05) is 0 Å². The molecular formula is C18H19NO5S. The molecule has 0 fully saturated rings. The SMILES string of the molecule is COC(=O)c1c(C)[nH]c(C(=O)[C@@H](C)OC(=O)/C=C/c2ccsc2)c1C. The predicted molar refractivity (Wildman–Crippen MR) is 94.8 cm³/mol. The highest BCUT2D eigenvalue weighted by Gasteiger charge is 2.26. The summed E-state index contributed by atoms with van der Waals surface area (Å²) in [4.78, 5) is 39.0. The Balaban J connectivity index is 2.10. The Kier molecular flexibility index (Phi) is 5.93. The first-order valence-corrected chi connectivity index (χ1v) is 8.52. The number of aromatic nitrogens is 1. The van der Waals surface area contributed by atoms with Crippen LogP contribution < -0.4 is 0 Å². The normalized spacial score (nSPS) is 12.2. The number of H-pyrrole nitrogens is 1. The molecule has 1 atom stereocenters. The standard InChI is InChI=1S/C18H19NO5S/c1-10-15(18(22)23-4)11(2)19-16(10)17(21)12(3)24-14(20)6-5-13-7-8-25-9-13/h5-9,12,19H,1-4H3/b6-5+/t12-/m1/s1. The van der Waals surface area contributed by atoms with Gasteiger partial charge in [0, 0.05) is 11.8 Å². The van der Waals surface area contributed by atoms with Crippen LogP contribution in [0.4, 0.5) is 0 Å². The number of carbonyl (C=O) groups is 3. The van der Waals surface area contributed by atoms with Crippen molar-refractivity contribution in [3.8, 4) is 0 Å². The smallest absolute Gasteiger partial charge is 0.339 e. The summed E-state index contributed by atoms with van der Waals surface area (Å²) in [6.45, 7) is 4.82. The molecule has 0 unspecified atom stereocenters. The van der Waals surface area contributed by atoms with Crippen molar-refractivity contribution in [1.29, 1.82) is 0 Å². The van der Waals surface area contributed by atoms with E-state index >= 15 is 0 Å². The molecule has 0 radical (unpaired) electrons. The molecule has 0 aliphatic rings. The maximum Gasteiger partial charge on any atom is 0.339 e. The number of esters is 2. The molecule has 0 saturated heterocycles. The largest absolute Gasteiger partial charge is 0.465 e. The van der Waals surface area contributed by atoms with Gasteiger partial charge in [0.1, 0.15) is 0 Å². The van der Waals surface area contributed by atoms with Gasteiger partial charge in [-0.2, -0.15) is 11.3 Å². The third-order valence-electron chi connectivity index (χ3n) is 3.69. The summed E-state index contributed by atoms with van der Waals surface area (Å²) in [7, 11) is 1.28. The minimum atomic E-state index is -0.984. The molecule has 2 aromatic heterocycles. The molecule has 2 rings (SSSR count). The highest BCUT2D eigenvalue weighted by atomic mass is 32.1. The Morgan fingerprint density at radius 2 is 2.00 bits per heavy atom. The molecule has 132 valence electrons. The topological polar surface area (TPSA) is 85.5 Å². The average Bonchev–Trinajstić information content (AvgIpc) is 3.19. The van der Waals surface area contributed by atoms with Crippen LogP contribution in [0, 0.1) is 13.8 Å². The zero-order valence-electron chi connectivity index (χ0n) is 14.4. The monoisotopic (exact) mass is 361 g/mol. The van der Waals surface area contributed by atoms with Gasteiger partial charge >= 0.3 is 11.9 Å². The summed E-state index contributed by atoms with van der Waals surface area (Å²) >= 11 is 1.52. The second-order valence-electron chi connectivity index (χ2n) is 5.45. The van der Waals surface area contributed by atoms with E-state index in [0.29, 0.717) is 16.8 Å². The Morgan fingerprint density at radius 1 is 1.28 bits per heavy atom. The van der Waals surface area contributed by atoms with Crippen molar-refractivity contribution in [2.24, 2.45) is 0 Å². The summed E-state index contributed by atoms with van der Waals surface area (Å²) < 4.78 is 9.87. The zero-order valence-corrected chi connectivity index (χ0v) is 15.2. The van der Waals surface area contributed by atoms with Crippen molar-refractivity contribution < 1.29 is 23.9 Å². The number of methoxy groups -OCH3 is 1. The minimum absolute atomic E-state index is 0.236. The van der Waals surface area contributed by atoms with Crippen molar-refractivity contribution in [2.45, 2.75) is 26.9 Å². The van der Waals surface area contributed by atoms with Crippen LogP contribution in [0.25, 0.3) is 6.08 Å². The fourth-order valence-electron chi connectivity index (χ4n) is 2.41. The number of hydrogen-bond acceptors (Lipinski definition) is 6. The lowest BCUT2D eigenvalue weighted by atomic mass is 10.1. The Bertz CT molecular complexity index is 817. The molecule has 0 bridgehead atoms. The van der Waals surface area contributed by atoms with E-state index < -0.39 is 23.8 Å². The van der Waals surface area contributed by atoms with Gasteiger partial charge in [-0.05, 0) is 54.8 Å². The van der Waals surface area contributed by atoms with E-state index in [0.717, 1.165) is 5.56 Å². The van der Waals surface area contributed by atoms with Crippen LogP contribution >= 0.6 is 11.3 Å². The molecule has 0 aromatic carbocycles. The Morgan fingerprint density at radius 3 is 2.60 bits per heavy atom. The molecule has 0 aliphatic carbocycles. The zero-order chi connectivity index (χ0) is 18.6. The predicted octanol–water partition coefficient (Wildman–Crippen LogP) is 3.31. The van der Waals surface area contributed by atoms with E-state index in [1.54, 1.807) is 19.9 Å². The highest BCUT2D eigenvalue weighted by molar-refractivity contribution is 7.08. The van der Waals surface area contributed by atoms with Crippen molar-refractivity contribution in [3.63, 3.8) is 0 Å². The first-order valence-electron chi connectivity index (χ1n) is 7.57. The number of ketones is 1. The summed E-state index contributed by atoms with van der Waals surface area (Å²) in [5.74, 6) is -1.54. The fourth-order valence-corrected chi connectivity index (χ4v) is 3.04. The number of carbonyl (C=O) groups excluding carboxylic acids is 3. The lowest BCUT2D eigenvalue weighted by Gasteiger charge is -2.10. The number of aromatic amines is 1. The third kappa shape index (κ3) is 4.24. The summed E-state index contributed by atoms with van der Waals surface area (Å²) in [6.07, 6.45) is 1.91. The first-order chi connectivity index (χ1) is 11.8. The van der Waals surface area contributed by atoms with Gasteiger partial charge in [0.15, 0.2) is 6.10 Å². The lowest BCUT2D eigenvalue weighted by molar-refractivity contribution is -0.140. The molecule has 0 saturated carbocycles. The van der Waals surface area contributed by atoms with Gasteiger partial charge in [-0.3, -0.25) is 4.79 Å². The van der Waals surface area contributed by atoms with Crippen LogP contribution in [0.2, 0.25) is 0 Å². The number of thiophene rings is 1. The summed E-state index contributed by atoms with van der Waals surface area (Å²) in [6, 6.07) is 1.86. The maximum absolute atomic E-state index is 12.5. The van der Waals surface area contributed by atoms with Crippen LogP contribution in [0.5, 0.6) is 0 Å². The molecular weight excluding hydrogens is 342 g/mol. The van der Waals surface area contributed by atoms with E-state index in [4.69, 9.17) is 9.47 Å². The fraction of sp³-hybridized carbons (Fsp3) is 0.278. The molecule has 1 N–H and O–H groups in total. The third-order valence-corrected chi connectivity index (χ3v) is 4.39.